The molecule has 0 radical (unpaired) electrons. The van der Waals surface area contributed by atoms with Crippen molar-refractivity contribution in [1.29, 1.82) is 0 Å². The van der Waals surface area contributed by atoms with E-state index < -0.39 is 6.10 Å². The minimum atomic E-state index is -0.619. The van der Waals surface area contributed by atoms with Gasteiger partial charge in [-0.25, -0.2) is 4.79 Å². The predicted octanol–water partition coefficient (Wildman–Crippen LogP) is 1.15. The summed E-state index contributed by atoms with van der Waals surface area (Å²) in [7, 11) is 1.58. The highest BCUT2D eigenvalue weighted by atomic mass is 16.5. The molecule has 1 fully saturated rings. The molecule has 1 saturated heterocycles. The number of aliphatic hydroxyl groups is 1. The molecule has 2 rings (SSSR count). The lowest BCUT2D eigenvalue weighted by molar-refractivity contribution is 0.184. The summed E-state index contributed by atoms with van der Waals surface area (Å²) in [5, 5.41) is 12.5. The maximum Gasteiger partial charge on any atom is 0.317 e. The average Bonchev–Trinajstić information content (AvgIpc) is 2.84. The molecule has 6 heteroatoms. The molecule has 1 aliphatic heterocycles. The second kappa shape index (κ2) is 6.47. The molecule has 1 atom stereocenters. The van der Waals surface area contributed by atoms with Crippen molar-refractivity contribution in [2.45, 2.75) is 13.0 Å². The summed E-state index contributed by atoms with van der Waals surface area (Å²) in [6.07, 6.45) is -0.619. The van der Waals surface area contributed by atoms with Gasteiger partial charge in [0.15, 0.2) is 0 Å². The number of methoxy groups -OCH3 is 1. The molecule has 2 N–H and O–H groups in total. The van der Waals surface area contributed by atoms with E-state index in [1.165, 1.54) is 0 Å². The molecule has 0 aromatic heterocycles. The molecule has 1 aromatic carbocycles. The molecule has 0 spiro atoms. The van der Waals surface area contributed by atoms with E-state index in [9.17, 15) is 9.90 Å². The van der Waals surface area contributed by atoms with Crippen LogP contribution in [0.4, 0.5) is 4.79 Å². The lowest BCUT2D eigenvalue weighted by Crippen LogP contribution is -2.31. The van der Waals surface area contributed by atoms with Crippen molar-refractivity contribution in [3.05, 3.63) is 23.8 Å². The van der Waals surface area contributed by atoms with Crippen molar-refractivity contribution >= 4 is 6.03 Å². The van der Waals surface area contributed by atoms with Crippen LogP contribution >= 0.6 is 0 Å². The molecule has 1 heterocycles. The third-order valence-corrected chi connectivity index (χ3v) is 3.23. The van der Waals surface area contributed by atoms with Crippen molar-refractivity contribution in [3.63, 3.8) is 0 Å². The van der Waals surface area contributed by atoms with E-state index in [0.29, 0.717) is 43.3 Å². The van der Waals surface area contributed by atoms with E-state index in [1.54, 1.807) is 37.1 Å². The number of nitrogens with zero attached hydrogens (tertiary/aromatic N) is 1. The molecular formula is C14H20N2O4. The van der Waals surface area contributed by atoms with Gasteiger partial charge >= 0.3 is 6.03 Å². The molecule has 0 aliphatic carbocycles. The van der Waals surface area contributed by atoms with Crippen LogP contribution in [0.5, 0.6) is 11.5 Å². The first kappa shape index (κ1) is 14.5. The molecule has 6 nitrogen and oxygen atoms in total. The largest absolute Gasteiger partial charge is 0.497 e. The molecule has 1 aromatic rings. The van der Waals surface area contributed by atoms with E-state index in [4.69, 9.17) is 9.47 Å². The summed E-state index contributed by atoms with van der Waals surface area (Å²) in [6.45, 7) is 3.95. The molecule has 110 valence electrons. The van der Waals surface area contributed by atoms with Crippen molar-refractivity contribution < 1.29 is 19.4 Å². The smallest absolute Gasteiger partial charge is 0.317 e. The van der Waals surface area contributed by atoms with Gasteiger partial charge in [-0.2, -0.15) is 0 Å². The number of rotatable bonds is 6. The number of ether oxygens (including phenoxy) is 2. The van der Waals surface area contributed by atoms with Gasteiger partial charge in [0, 0.05) is 24.7 Å². The van der Waals surface area contributed by atoms with E-state index in [1.807, 2.05) is 0 Å². The zero-order chi connectivity index (χ0) is 14.5. The number of benzene rings is 1. The van der Waals surface area contributed by atoms with Crippen LogP contribution in [0.25, 0.3) is 0 Å². The fraction of sp³-hybridized carbons (Fsp3) is 0.500. The minimum absolute atomic E-state index is 0.0602. The number of carbonyl (C=O) groups is 1. The Morgan fingerprint density at radius 3 is 2.90 bits per heavy atom. The zero-order valence-corrected chi connectivity index (χ0v) is 11.8. The maximum atomic E-state index is 11.4. The monoisotopic (exact) mass is 280 g/mol. The second-order valence-electron chi connectivity index (χ2n) is 4.65. The Morgan fingerprint density at radius 1 is 1.50 bits per heavy atom. The highest BCUT2D eigenvalue weighted by molar-refractivity contribution is 5.76. The van der Waals surface area contributed by atoms with Gasteiger partial charge in [-0.15, -0.1) is 0 Å². The predicted molar refractivity (Wildman–Crippen MR) is 74.1 cm³/mol. The van der Waals surface area contributed by atoms with Crippen LogP contribution in [0.3, 0.4) is 0 Å². The fourth-order valence-electron chi connectivity index (χ4n) is 2.10. The molecule has 1 unspecified atom stereocenters. The first-order valence-corrected chi connectivity index (χ1v) is 6.63. The fourth-order valence-corrected chi connectivity index (χ4v) is 2.10. The molecule has 2 amide bonds. The number of amides is 2. The summed E-state index contributed by atoms with van der Waals surface area (Å²) in [6, 6.07) is 5.24. The Balaban J connectivity index is 1.98. The summed E-state index contributed by atoms with van der Waals surface area (Å²) in [5.41, 5.74) is 0.705. The van der Waals surface area contributed by atoms with Gasteiger partial charge in [-0.3, -0.25) is 0 Å². The summed E-state index contributed by atoms with van der Waals surface area (Å²) in [4.78, 5) is 13.1. The Labute approximate surface area is 118 Å². The van der Waals surface area contributed by atoms with Crippen LogP contribution in [0.15, 0.2) is 18.2 Å². The first-order chi connectivity index (χ1) is 9.61. The Kier molecular flexibility index (Phi) is 4.68. The minimum Gasteiger partial charge on any atom is -0.497 e. The number of aliphatic hydroxyl groups excluding tert-OH is 1. The third-order valence-electron chi connectivity index (χ3n) is 3.23. The molecule has 0 bridgehead atoms. The number of carbonyl (C=O) groups excluding carboxylic acids is 1. The topological polar surface area (TPSA) is 71.0 Å². The van der Waals surface area contributed by atoms with E-state index in [2.05, 4.69) is 5.32 Å². The third kappa shape index (κ3) is 3.33. The lowest BCUT2D eigenvalue weighted by atomic mass is 10.1. The van der Waals surface area contributed by atoms with Crippen LogP contribution in [0, 0.1) is 0 Å². The average molecular weight is 280 g/mol. The molecule has 0 saturated carbocycles. The first-order valence-electron chi connectivity index (χ1n) is 6.63. The van der Waals surface area contributed by atoms with Gasteiger partial charge in [0.2, 0.25) is 0 Å². The Hall–Kier alpha value is -1.95. The summed E-state index contributed by atoms with van der Waals surface area (Å²) >= 11 is 0. The van der Waals surface area contributed by atoms with Gasteiger partial charge in [-0.05, 0) is 19.1 Å². The van der Waals surface area contributed by atoms with Crippen LogP contribution in [-0.2, 0) is 0 Å². The van der Waals surface area contributed by atoms with E-state index >= 15 is 0 Å². The Bertz CT molecular complexity index is 476. The lowest BCUT2D eigenvalue weighted by Gasteiger charge is -2.17. The Morgan fingerprint density at radius 2 is 2.30 bits per heavy atom. The van der Waals surface area contributed by atoms with Crippen molar-refractivity contribution in [2.75, 3.05) is 33.4 Å². The summed E-state index contributed by atoms with van der Waals surface area (Å²) in [5.74, 6) is 1.25. The number of urea groups is 1. The number of hydrogen-bond donors (Lipinski definition) is 2. The van der Waals surface area contributed by atoms with Gasteiger partial charge in [-0.1, -0.05) is 0 Å². The van der Waals surface area contributed by atoms with E-state index in [0.717, 1.165) is 0 Å². The van der Waals surface area contributed by atoms with Crippen molar-refractivity contribution in [1.82, 2.24) is 10.2 Å². The number of nitrogens with one attached hydrogen (secondary N) is 1. The van der Waals surface area contributed by atoms with Crippen LogP contribution in [0.1, 0.15) is 18.6 Å². The van der Waals surface area contributed by atoms with Gasteiger partial charge in [0.05, 0.1) is 19.8 Å². The molecule has 1 aliphatic rings. The SMILES string of the molecule is COc1ccc(C(C)O)c(OCCN2CCNC2=O)c1. The summed E-state index contributed by atoms with van der Waals surface area (Å²) < 4.78 is 10.8. The van der Waals surface area contributed by atoms with Crippen LogP contribution < -0.4 is 14.8 Å². The maximum absolute atomic E-state index is 11.4. The highest BCUT2D eigenvalue weighted by Gasteiger charge is 2.19. The standard InChI is InChI=1S/C14H20N2O4/c1-10(17)12-4-3-11(19-2)9-13(12)20-8-7-16-6-5-15-14(16)18/h3-4,9-10,17H,5-8H2,1-2H3,(H,15,18). The second-order valence-corrected chi connectivity index (χ2v) is 4.65. The highest BCUT2D eigenvalue weighted by Crippen LogP contribution is 2.29. The number of hydrogen-bond acceptors (Lipinski definition) is 4. The van der Waals surface area contributed by atoms with Crippen molar-refractivity contribution in [3.8, 4) is 11.5 Å². The van der Waals surface area contributed by atoms with Gasteiger partial charge < -0.3 is 24.8 Å². The zero-order valence-electron chi connectivity index (χ0n) is 11.8. The van der Waals surface area contributed by atoms with Crippen LogP contribution in [-0.4, -0.2) is 49.4 Å². The normalized spacial score (nSPS) is 15.9. The van der Waals surface area contributed by atoms with Crippen LogP contribution in [0.2, 0.25) is 0 Å². The quantitative estimate of drug-likeness (QED) is 0.820. The van der Waals surface area contributed by atoms with Gasteiger partial charge in [0.1, 0.15) is 18.1 Å². The van der Waals surface area contributed by atoms with Gasteiger partial charge in [0.25, 0.3) is 0 Å². The van der Waals surface area contributed by atoms with E-state index in [-0.39, 0.29) is 6.03 Å². The molecular weight excluding hydrogens is 260 g/mol. The van der Waals surface area contributed by atoms with Crippen molar-refractivity contribution in [2.24, 2.45) is 0 Å². The molecule has 20 heavy (non-hydrogen) atoms.